The molecule has 1 aliphatic heterocycles. The molecule has 1 amide bonds. The molecule has 1 fully saturated rings. The maximum atomic E-state index is 13.2. The van der Waals surface area contributed by atoms with Gasteiger partial charge in [0, 0.05) is 24.6 Å². The second kappa shape index (κ2) is 9.54. The Kier molecular flexibility index (Phi) is 6.55. The van der Waals surface area contributed by atoms with Crippen LogP contribution in [0.1, 0.15) is 33.6 Å². The number of piperidine rings is 1. The fraction of sp³-hybridized carbons (Fsp3) is 0.200. The number of rotatable bonds is 6. The molecule has 0 bridgehead atoms. The highest BCUT2D eigenvalue weighted by molar-refractivity contribution is 7.92. The van der Waals surface area contributed by atoms with E-state index in [9.17, 15) is 22.4 Å². The molecule has 8 heteroatoms. The van der Waals surface area contributed by atoms with Crippen molar-refractivity contribution in [1.29, 1.82) is 0 Å². The van der Waals surface area contributed by atoms with Crippen molar-refractivity contribution in [2.75, 3.05) is 17.8 Å². The summed E-state index contributed by atoms with van der Waals surface area (Å²) in [6, 6.07) is 19.9. The van der Waals surface area contributed by atoms with E-state index in [-0.39, 0.29) is 33.8 Å². The van der Waals surface area contributed by atoms with Crippen LogP contribution in [0.2, 0.25) is 0 Å². The maximum absolute atomic E-state index is 13.2. The van der Waals surface area contributed by atoms with E-state index in [0.717, 1.165) is 24.3 Å². The molecule has 0 radical (unpaired) electrons. The van der Waals surface area contributed by atoms with Crippen LogP contribution in [0.25, 0.3) is 0 Å². The van der Waals surface area contributed by atoms with Crippen LogP contribution >= 0.6 is 0 Å². The molecule has 33 heavy (non-hydrogen) atoms. The summed E-state index contributed by atoms with van der Waals surface area (Å²) in [7, 11) is -4.00. The number of hydrogen-bond acceptors (Lipinski definition) is 4. The number of amides is 1. The zero-order valence-electron chi connectivity index (χ0n) is 17.8. The number of hydrogen-bond donors (Lipinski definition) is 1. The summed E-state index contributed by atoms with van der Waals surface area (Å²) in [5.41, 5.74) is 1.04. The third kappa shape index (κ3) is 5.12. The molecule has 0 saturated carbocycles. The fourth-order valence-corrected chi connectivity index (χ4v) is 5.01. The number of halogens is 1. The van der Waals surface area contributed by atoms with Gasteiger partial charge < -0.3 is 4.90 Å². The fourth-order valence-electron chi connectivity index (χ4n) is 3.93. The van der Waals surface area contributed by atoms with E-state index in [1.54, 1.807) is 35.2 Å². The Morgan fingerprint density at radius 3 is 2.12 bits per heavy atom. The predicted octanol–water partition coefficient (Wildman–Crippen LogP) is 4.36. The van der Waals surface area contributed by atoms with Gasteiger partial charge in [0.25, 0.3) is 15.9 Å². The number of ketones is 1. The van der Waals surface area contributed by atoms with E-state index < -0.39 is 15.8 Å². The van der Waals surface area contributed by atoms with Crippen LogP contribution in [0, 0.1) is 11.7 Å². The Morgan fingerprint density at radius 1 is 0.848 bits per heavy atom. The number of sulfonamides is 1. The summed E-state index contributed by atoms with van der Waals surface area (Å²) < 4.78 is 41.0. The van der Waals surface area contributed by atoms with Crippen LogP contribution in [-0.2, 0) is 10.0 Å². The van der Waals surface area contributed by atoms with Gasteiger partial charge in [-0.25, -0.2) is 12.8 Å². The molecule has 1 N–H and O–H groups in total. The van der Waals surface area contributed by atoms with Gasteiger partial charge in [0.2, 0.25) is 0 Å². The SMILES string of the molecule is O=C(c1ccccc1)C1CCN(C(=O)c2ccccc2NS(=O)(=O)c2ccc(F)cc2)CC1. The Bertz CT molecular complexity index is 1250. The largest absolute Gasteiger partial charge is 0.339 e. The molecule has 3 aromatic rings. The average molecular weight is 467 g/mol. The second-order valence-corrected chi connectivity index (χ2v) is 9.58. The lowest BCUT2D eigenvalue weighted by Gasteiger charge is -2.32. The second-order valence-electron chi connectivity index (χ2n) is 7.90. The van der Waals surface area contributed by atoms with E-state index in [1.165, 1.54) is 6.07 Å². The molecule has 6 nitrogen and oxygen atoms in total. The van der Waals surface area contributed by atoms with Crippen LogP contribution < -0.4 is 4.72 Å². The summed E-state index contributed by atoms with van der Waals surface area (Å²) in [4.78, 5) is 27.4. The monoisotopic (exact) mass is 466 g/mol. The van der Waals surface area contributed by atoms with Crippen molar-refractivity contribution >= 4 is 27.4 Å². The lowest BCUT2D eigenvalue weighted by Crippen LogP contribution is -2.40. The van der Waals surface area contributed by atoms with Crippen molar-refractivity contribution in [3.05, 3.63) is 95.8 Å². The zero-order chi connectivity index (χ0) is 23.4. The highest BCUT2D eigenvalue weighted by Gasteiger charge is 2.29. The number of anilines is 1. The number of para-hydroxylation sites is 1. The molecule has 0 aliphatic carbocycles. The van der Waals surface area contributed by atoms with Crippen molar-refractivity contribution in [3.8, 4) is 0 Å². The molecule has 170 valence electrons. The Hall–Kier alpha value is -3.52. The average Bonchev–Trinajstić information content (AvgIpc) is 2.84. The lowest BCUT2D eigenvalue weighted by molar-refractivity contribution is 0.0651. The topological polar surface area (TPSA) is 83.6 Å². The van der Waals surface area contributed by atoms with Crippen molar-refractivity contribution in [3.63, 3.8) is 0 Å². The molecule has 1 aliphatic rings. The van der Waals surface area contributed by atoms with E-state index in [0.29, 0.717) is 31.5 Å². The first-order chi connectivity index (χ1) is 15.8. The van der Waals surface area contributed by atoms with Crippen LogP contribution in [0.4, 0.5) is 10.1 Å². The predicted molar refractivity (Wildman–Crippen MR) is 123 cm³/mol. The smallest absolute Gasteiger partial charge is 0.261 e. The van der Waals surface area contributed by atoms with Gasteiger partial charge in [0.15, 0.2) is 5.78 Å². The van der Waals surface area contributed by atoms with Crippen LogP contribution in [0.15, 0.2) is 83.8 Å². The number of Topliss-reactive ketones (excluding diaryl/α,β-unsaturated/α-hetero) is 1. The molecule has 0 aromatic heterocycles. The third-order valence-corrected chi connectivity index (χ3v) is 7.12. The minimum absolute atomic E-state index is 0.0788. The summed E-state index contributed by atoms with van der Waals surface area (Å²) in [5.74, 6) is -0.921. The number of nitrogens with zero attached hydrogens (tertiary/aromatic N) is 1. The van der Waals surface area contributed by atoms with Crippen molar-refractivity contribution in [2.24, 2.45) is 5.92 Å². The van der Waals surface area contributed by atoms with E-state index in [1.807, 2.05) is 18.2 Å². The normalized spacial score (nSPS) is 14.6. The molecule has 4 rings (SSSR count). The van der Waals surface area contributed by atoms with Gasteiger partial charge in [0.1, 0.15) is 5.82 Å². The first-order valence-electron chi connectivity index (χ1n) is 10.6. The summed E-state index contributed by atoms with van der Waals surface area (Å²) in [6.07, 6.45) is 1.09. The highest BCUT2D eigenvalue weighted by atomic mass is 32.2. The third-order valence-electron chi connectivity index (χ3n) is 5.74. The first-order valence-corrected chi connectivity index (χ1v) is 12.1. The number of likely N-dealkylation sites (tertiary alicyclic amines) is 1. The molecule has 3 aromatic carbocycles. The summed E-state index contributed by atoms with van der Waals surface area (Å²) in [6.45, 7) is 0.808. The molecular formula is C25H23FN2O4S. The van der Waals surface area contributed by atoms with Gasteiger partial charge in [-0.1, -0.05) is 42.5 Å². The Morgan fingerprint density at radius 2 is 1.45 bits per heavy atom. The van der Waals surface area contributed by atoms with E-state index in [2.05, 4.69) is 4.72 Å². The molecular weight excluding hydrogens is 443 g/mol. The number of carbonyl (C=O) groups is 2. The first kappa shape index (κ1) is 22.7. The zero-order valence-corrected chi connectivity index (χ0v) is 18.6. The Balaban J connectivity index is 1.47. The van der Waals surface area contributed by atoms with Gasteiger partial charge >= 0.3 is 0 Å². The lowest BCUT2D eigenvalue weighted by atomic mass is 9.88. The van der Waals surface area contributed by atoms with Crippen LogP contribution in [0.3, 0.4) is 0 Å². The molecule has 1 saturated heterocycles. The molecule has 0 unspecified atom stereocenters. The summed E-state index contributed by atoms with van der Waals surface area (Å²) >= 11 is 0. The Labute approximate surface area is 192 Å². The quantitative estimate of drug-likeness (QED) is 0.547. The minimum atomic E-state index is -4.00. The minimum Gasteiger partial charge on any atom is -0.339 e. The number of carbonyl (C=O) groups excluding carboxylic acids is 2. The van der Waals surface area contributed by atoms with Crippen molar-refractivity contribution in [1.82, 2.24) is 4.90 Å². The van der Waals surface area contributed by atoms with Gasteiger partial charge in [-0.15, -0.1) is 0 Å². The number of benzene rings is 3. The van der Waals surface area contributed by atoms with Crippen LogP contribution in [0.5, 0.6) is 0 Å². The molecule has 0 atom stereocenters. The van der Waals surface area contributed by atoms with Crippen molar-refractivity contribution in [2.45, 2.75) is 17.7 Å². The van der Waals surface area contributed by atoms with Gasteiger partial charge in [-0.05, 0) is 49.2 Å². The van der Waals surface area contributed by atoms with Gasteiger partial charge in [0.05, 0.1) is 16.1 Å². The summed E-state index contributed by atoms with van der Waals surface area (Å²) in [5, 5.41) is 0. The molecule has 0 spiro atoms. The van der Waals surface area contributed by atoms with Crippen molar-refractivity contribution < 1.29 is 22.4 Å². The van der Waals surface area contributed by atoms with Gasteiger partial charge in [-0.2, -0.15) is 0 Å². The maximum Gasteiger partial charge on any atom is 0.261 e. The van der Waals surface area contributed by atoms with E-state index >= 15 is 0 Å². The number of nitrogens with one attached hydrogen (secondary N) is 1. The molecule has 1 heterocycles. The van der Waals surface area contributed by atoms with Crippen LogP contribution in [-0.4, -0.2) is 38.1 Å². The highest BCUT2D eigenvalue weighted by Crippen LogP contribution is 2.26. The van der Waals surface area contributed by atoms with Gasteiger partial charge in [-0.3, -0.25) is 14.3 Å². The van der Waals surface area contributed by atoms with E-state index in [4.69, 9.17) is 0 Å². The standard InChI is InChI=1S/C25H23FN2O4S/c26-20-10-12-21(13-11-20)33(31,32)27-23-9-5-4-8-22(23)25(30)28-16-14-19(15-17-28)24(29)18-6-2-1-3-7-18/h1-13,19,27H,14-17H2.